The van der Waals surface area contributed by atoms with E-state index in [1.165, 1.54) is 6.07 Å². The Morgan fingerprint density at radius 2 is 1.57 bits per heavy atom. The summed E-state index contributed by atoms with van der Waals surface area (Å²) < 4.78 is 47.5. The van der Waals surface area contributed by atoms with E-state index >= 15 is 0 Å². The minimum absolute atomic E-state index is 0.108. The van der Waals surface area contributed by atoms with E-state index in [1.54, 1.807) is 48.5 Å². The minimum Gasteiger partial charge on any atom is -0.489 e. The summed E-state index contributed by atoms with van der Waals surface area (Å²) >= 11 is 0. The van der Waals surface area contributed by atoms with Gasteiger partial charge in [0.05, 0.1) is 22.7 Å². The number of pyridine rings is 1. The van der Waals surface area contributed by atoms with Crippen molar-refractivity contribution in [3.05, 3.63) is 120 Å². The van der Waals surface area contributed by atoms with Gasteiger partial charge in [-0.2, -0.15) is 13.2 Å². The molecule has 0 radical (unpaired) electrons. The molecule has 5 aromatic rings. The predicted molar refractivity (Wildman–Crippen MR) is 149 cm³/mol. The predicted octanol–water partition coefficient (Wildman–Crippen LogP) is 8.74. The molecule has 0 aliphatic carbocycles. The number of rotatable bonds is 8. The van der Waals surface area contributed by atoms with Crippen molar-refractivity contribution >= 4 is 16.9 Å². The third-order valence-electron chi connectivity index (χ3n) is 6.84. The molecule has 1 aromatic heterocycles. The summed E-state index contributed by atoms with van der Waals surface area (Å²) in [7, 11) is 0. The molecule has 1 N–H and O–H groups in total. The summed E-state index contributed by atoms with van der Waals surface area (Å²) in [4.78, 5) is 16.0. The molecule has 7 heteroatoms. The van der Waals surface area contributed by atoms with Crippen LogP contribution < -0.4 is 4.74 Å². The van der Waals surface area contributed by atoms with Gasteiger partial charge in [0.2, 0.25) is 0 Å². The second-order valence-corrected chi connectivity index (χ2v) is 9.48. The largest absolute Gasteiger partial charge is 0.489 e. The van der Waals surface area contributed by atoms with Crippen molar-refractivity contribution in [1.82, 2.24) is 4.98 Å². The molecule has 0 saturated heterocycles. The zero-order valence-electron chi connectivity index (χ0n) is 21.7. The van der Waals surface area contributed by atoms with Gasteiger partial charge in [-0.05, 0) is 47.4 Å². The first-order valence-electron chi connectivity index (χ1n) is 12.9. The van der Waals surface area contributed by atoms with Crippen LogP contribution in [0.25, 0.3) is 33.3 Å². The van der Waals surface area contributed by atoms with E-state index in [0.29, 0.717) is 34.4 Å². The highest BCUT2D eigenvalue weighted by Gasteiger charge is 2.33. The van der Waals surface area contributed by atoms with Crippen molar-refractivity contribution in [3.63, 3.8) is 0 Å². The monoisotopic (exact) mass is 541 g/mol. The van der Waals surface area contributed by atoms with Crippen LogP contribution in [0.4, 0.5) is 13.2 Å². The lowest BCUT2D eigenvalue weighted by Crippen LogP contribution is -2.10. The normalized spacial score (nSPS) is 12.3. The van der Waals surface area contributed by atoms with Crippen LogP contribution >= 0.6 is 0 Å². The van der Waals surface area contributed by atoms with E-state index in [9.17, 15) is 23.1 Å². The van der Waals surface area contributed by atoms with Crippen LogP contribution in [0.1, 0.15) is 36.0 Å². The highest BCUT2D eigenvalue weighted by molar-refractivity contribution is 5.93. The fraction of sp³-hybridized carbons (Fsp3) is 0.152. The summed E-state index contributed by atoms with van der Waals surface area (Å²) in [6, 6.07) is 29.6. The van der Waals surface area contributed by atoms with Crippen molar-refractivity contribution in [2.45, 2.75) is 32.0 Å². The molecule has 1 atom stereocenters. The highest BCUT2D eigenvalue weighted by Crippen LogP contribution is 2.39. The van der Waals surface area contributed by atoms with Crippen LogP contribution in [-0.4, -0.2) is 16.1 Å². The number of para-hydroxylation sites is 1. The number of fused-ring (bicyclic) bond motifs is 1. The van der Waals surface area contributed by atoms with Crippen molar-refractivity contribution in [2.75, 3.05) is 0 Å². The molecule has 0 saturated carbocycles. The number of hydrogen-bond acceptors (Lipinski definition) is 3. The molecule has 202 valence electrons. The Balaban J connectivity index is 1.50. The van der Waals surface area contributed by atoms with Crippen LogP contribution in [-0.2, 0) is 17.6 Å². The zero-order valence-corrected chi connectivity index (χ0v) is 21.7. The van der Waals surface area contributed by atoms with E-state index in [2.05, 4.69) is 4.98 Å². The lowest BCUT2D eigenvalue weighted by Gasteiger charge is -2.16. The Bertz CT molecular complexity index is 1650. The van der Waals surface area contributed by atoms with Crippen LogP contribution in [0.5, 0.6) is 5.75 Å². The lowest BCUT2D eigenvalue weighted by atomic mass is 9.96. The summed E-state index contributed by atoms with van der Waals surface area (Å²) in [5, 5.41) is 9.79. The van der Waals surface area contributed by atoms with E-state index in [-0.39, 0.29) is 12.1 Å². The second kappa shape index (κ2) is 11.2. The Morgan fingerprint density at radius 1 is 0.875 bits per heavy atom. The molecular weight excluding hydrogens is 515 g/mol. The first-order chi connectivity index (χ1) is 19.2. The number of nitrogens with zero attached hydrogens (tertiary/aromatic N) is 1. The molecule has 0 bridgehead atoms. The summed E-state index contributed by atoms with van der Waals surface area (Å²) in [6.45, 7) is 2.07. The second-order valence-electron chi connectivity index (χ2n) is 9.48. The maximum Gasteiger partial charge on any atom is 0.418 e. The molecule has 5 rings (SSSR count). The van der Waals surface area contributed by atoms with Gasteiger partial charge in [0.25, 0.3) is 0 Å². The van der Waals surface area contributed by atoms with E-state index in [1.807, 2.05) is 49.4 Å². The van der Waals surface area contributed by atoms with Crippen molar-refractivity contribution in [3.8, 4) is 28.1 Å². The number of carboxylic acid groups (broad SMARTS) is 1. The number of aliphatic carboxylic acids is 1. The summed E-state index contributed by atoms with van der Waals surface area (Å²) in [6.07, 6.45) is -4.05. The standard InChI is InChI=1S/C33H26F3NO3/c1-2-27(32(38)39)23-16-14-21(15-17-23)20-40-26-12-6-10-24(18-26)30-28(22-8-4-3-5-9-22)19-25-11-7-13-29(31(25)37-30)33(34,35)36/h3-19,27H,2,20H2,1H3,(H,38,39). The van der Waals surface area contributed by atoms with Gasteiger partial charge in [-0.3, -0.25) is 4.79 Å². The Kier molecular flexibility index (Phi) is 7.56. The van der Waals surface area contributed by atoms with Crippen LogP contribution in [0.3, 0.4) is 0 Å². The van der Waals surface area contributed by atoms with E-state index in [4.69, 9.17) is 4.74 Å². The minimum atomic E-state index is -4.54. The lowest BCUT2D eigenvalue weighted by molar-refractivity contribution is -0.139. The van der Waals surface area contributed by atoms with Crippen molar-refractivity contribution in [2.24, 2.45) is 0 Å². The van der Waals surface area contributed by atoms with Gasteiger partial charge in [0, 0.05) is 16.5 Å². The number of aromatic nitrogens is 1. The van der Waals surface area contributed by atoms with Gasteiger partial charge in [-0.25, -0.2) is 4.98 Å². The number of ether oxygens (including phenoxy) is 1. The number of benzene rings is 4. The smallest absolute Gasteiger partial charge is 0.418 e. The third-order valence-corrected chi connectivity index (χ3v) is 6.84. The van der Waals surface area contributed by atoms with Gasteiger partial charge in [0.1, 0.15) is 12.4 Å². The average molecular weight is 542 g/mol. The van der Waals surface area contributed by atoms with Gasteiger partial charge < -0.3 is 9.84 Å². The number of carbonyl (C=O) groups is 1. The Morgan fingerprint density at radius 3 is 2.25 bits per heavy atom. The van der Waals surface area contributed by atoms with Crippen LogP contribution in [0, 0.1) is 0 Å². The molecule has 0 aliphatic heterocycles. The van der Waals surface area contributed by atoms with E-state index in [0.717, 1.165) is 22.8 Å². The molecule has 0 fully saturated rings. The number of hydrogen-bond donors (Lipinski definition) is 1. The Labute approximate surface area is 229 Å². The molecular formula is C33H26F3NO3. The first kappa shape index (κ1) is 26.9. The number of alkyl halides is 3. The fourth-order valence-corrected chi connectivity index (χ4v) is 4.78. The maximum atomic E-state index is 13.8. The fourth-order valence-electron chi connectivity index (χ4n) is 4.78. The molecule has 0 spiro atoms. The van der Waals surface area contributed by atoms with Crippen LogP contribution in [0.15, 0.2) is 103 Å². The molecule has 1 unspecified atom stereocenters. The third kappa shape index (κ3) is 5.69. The SMILES string of the molecule is CCC(C(=O)O)c1ccc(COc2cccc(-c3nc4c(C(F)(F)F)cccc4cc3-c3ccccc3)c2)cc1. The topological polar surface area (TPSA) is 59.4 Å². The molecule has 4 nitrogen and oxygen atoms in total. The van der Waals surface area contributed by atoms with Gasteiger partial charge >= 0.3 is 12.1 Å². The molecule has 0 aliphatic rings. The first-order valence-corrected chi connectivity index (χ1v) is 12.9. The summed E-state index contributed by atoms with van der Waals surface area (Å²) in [5.41, 5.74) is 3.29. The van der Waals surface area contributed by atoms with Gasteiger partial charge in [-0.15, -0.1) is 0 Å². The molecule has 1 heterocycles. The number of carboxylic acids is 1. The van der Waals surface area contributed by atoms with Crippen molar-refractivity contribution < 1.29 is 27.8 Å². The summed E-state index contributed by atoms with van der Waals surface area (Å²) in [5.74, 6) is -0.885. The quantitative estimate of drug-likeness (QED) is 0.213. The molecule has 4 aromatic carbocycles. The van der Waals surface area contributed by atoms with Gasteiger partial charge in [0.15, 0.2) is 0 Å². The number of halogens is 3. The average Bonchev–Trinajstić information content (AvgIpc) is 2.96. The zero-order chi connectivity index (χ0) is 28.3. The highest BCUT2D eigenvalue weighted by atomic mass is 19.4. The molecule has 0 amide bonds. The maximum absolute atomic E-state index is 13.8. The Hall–Kier alpha value is -4.65. The molecule has 40 heavy (non-hydrogen) atoms. The van der Waals surface area contributed by atoms with Crippen molar-refractivity contribution in [1.29, 1.82) is 0 Å². The van der Waals surface area contributed by atoms with Gasteiger partial charge in [-0.1, -0.05) is 85.8 Å². The van der Waals surface area contributed by atoms with E-state index < -0.39 is 23.6 Å². The van der Waals surface area contributed by atoms with Crippen LogP contribution in [0.2, 0.25) is 0 Å².